The lowest BCUT2D eigenvalue weighted by Gasteiger charge is -2.05. The summed E-state index contributed by atoms with van der Waals surface area (Å²) in [7, 11) is 0. The van der Waals surface area contributed by atoms with Crippen LogP contribution >= 0.6 is 11.6 Å². The van der Waals surface area contributed by atoms with Gasteiger partial charge in [-0.1, -0.05) is 11.6 Å². The second kappa shape index (κ2) is 2.96. The molecule has 2 aromatic rings. The number of rotatable bonds is 1. The molecule has 13 heavy (non-hydrogen) atoms. The van der Waals surface area contributed by atoms with Crippen molar-refractivity contribution in [2.75, 3.05) is 0 Å². The van der Waals surface area contributed by atoms with Gasteiger partial charge in [0.15, 0.2) is 5.65 Å². The van der Waals surface area contributed by atoms with Crippen LogP contribution in [-0.2, 0) is 0 Å². The van der Waals surface area contributed by atoms with Crippen LogP contribution in [0.3, 0.4) is 0 Å². The summed E-state index contributed by atoms with van der Waals surface area (Å²) >= 11 is 5.87. The van der Waals surface area contributed by atoms with Crippen LogP contribution in [0.1, 0.15) is 19.9 Å². The van der Waals surface area contributed by atoms with Gasteiger partial charge >= 0.3 is 0 Å². The fourth-order valence-corrected chi connectivity index (χ4v) is 1.39. The maximum atomic E-state index is 5.87. The molecule has 0 atom stereocenters. The molecule has 4 nitrogen and oxygen atoms in total. The number of halogens is 1. The van der Waals surface area contributed by atoms with Gasteiger partial charge in [-0.25, -0.2) is 14.6 Å². The average Bonchev–Trinajstić information content (AvgIpc) is 2.48. The van der Waals surface area contributed by atoms with Crippen LogP contribution in [0, 0.1) is 0 Å². The second-order valence-electron chi connectivity index (χ2n) is 3.08. The van der Waals surface area contributed by atoms with Crippen LogP contribution in [0.15, 0.2) is 12.5 Å². The second-order valence-corrected chi connectivity index (χ2v) is 3.44. The van der Waals surface area contributed by atoms with Crippen molar-refractivity contribution in [2.45, 2.75) is 19.9 Å². The van der Waals surface area contributed by atoms with E-state index in [2.05, 4.69) is 15.1 Å². The predicted molar refractivity (Wildman–Crippen MR) is 50.7 cm³/mol. The molecule has 2 aromatic heterocycles. The van der Waals surface area contributed by atoms with Gasteiger partial charge in [-0.2, -0.15) is 5.10 Å². The summed E-state index contributed by atoms with van der Waals surface area (Å²) in [5, 5.41) is 5.44. The average molecular weight is 197 g/mol. The third-order valence-electron chi connectivity index (χ3n) is 1.83. The van der Waals surface area contributed by atoms with Crippen LogP contribution in [-0.4, -0.2) is 19.7 Å². The zero-order valence-electron chi connectivity index (χ0n) is 7.40. The molecule has 0 unspecified atom stereocenters. The van der Waals surface area contributed by atoms with E-state index in [1.165, 1.54) is 6.33 Å². The maximum Gasteiger partial charge on any atom is 0.162 e. The van der Waals surface area contributed by atoms with Gasteiger partial charge in [-0.3, -0.25) is 0 Å². The summed E-state index contributed by atoms with van der Waals surface area (Å²) in [6, 6.07) is 0.281. The molecular weight excluding hydrogens is 188 g/mol. The van der Waals surface area contributed by atoms with E-state index in [1.54, 1.807) is 6.20 Å². The molecule has 5 heteroatoms. The fraction of sp³-hybridized carbons (Fsp3) is 0.375. The standard InChI is InChI=1S/C8H9ClN4/c1-5(2)13-8-6(3-12-13)7(9)10-4-11-8/h3-5H,1-2H3. The van der Waals surface area contributed by atoms with Crippen molar-refractivity contribution in [3.05, 3.63) is 17.7 Å². The highest BCUT2D eigenvalue weighted by Gasteiger charge is 2.09. The SMILES string of the molecule is CC(C)n1ncc2c(Cl)ncnc21. The molecule has 0 aliphatic heterocycles. The van der Waals surface area contributed by atoms with E-state index in [-0.39, 0.29) is 6.04 Å². The molecule has 0 amide bonds. The normalized spacial score (nSPS) is 11.4. The van der Waals surface area contributed by atoms with Crippen molar-refractivity contribution >= 4 is 22.6 Å². The Morgan fingerprint density at radius 1 is 1.38 bits per heavy atom. The van der Waals surface area contributed by atoms with Crippen LogP contribution in [0.5, 0.6) is 0 Å². The van der Waals surface area contributed by atoms with Crippen molar-refractivity contribution in [1.29, 1.82) is 0 Å². The highest BCUT2D eigenvalue weighted by molar-refractivity contribution is 6.33. The van der Waals surface area contributed by atoms with E-state index < -0.39 is 0 Å². The Labute approximate surface area is 80.6 Å². The zero-order chi connectivity index (χ0) is 9.42. The van der Waals surface area contributed by atoms with E-state index in [0.29, 0.717) is 5.15 Å². The molecule has 0 saturated heterocycles. The lowest BCUT2D eigenvalue weighted by molar-refractivity contribution is 0.546. The van der Waals surface area contributed by atoms with Crippen molar-refractivity contribution in [3.8, 4) is 0 Å². The smallest absolute Gasteiger partial charge is 0.162 e. The Bertz CT molecular complexity index is 435. The monoisotopic (exact) mass is 196 g/mol. The topological polar surface area (TPSA) is 43.6 Å². The van der Waals surface area contributed by atoms with Crippen molar-refractivity contribution in [1.82, 2.24) is 19.7 Å². The molecule has 0 saturated carbocycles. The van der Waals surface area contributed by atoms with Gasteiger partial charge < -0.3 is 0 Å². The molecule has 2 heterocycles. The van der Waals surface area contributed by atoms with Gasteiger partial charge in [0.2, 0.25) is 0 Å². The molecule has 0 spiro atoms. The Balaban J connectivity index is 2.75. The largest absolute Gasteiger partial charge is 0.245 e. The molecule has 0 radical (unpaired) electrons. The van der Waals surface area contributed by atoms with E-state index in [0.717, 1.165) is 11.0 Å². The van der Waals surface area contributed by atoms with Crippen molar-refractivity contribution < 1.29 is 0 Å². The number of hydrogen-bond acceptors (Lipinski definition) is 3. The Kier molecular flexibility index (Phi) is 1.92. The Hall–Kier alpha value is -1.16. The minimum absolute atomic E-state index is 0.281. The molecule has 2 rings (SSSR count). The molecule has 0 N–H and O–H groups in total. The molecule has 0 aliphatic carbocycles. The predicted octanol–water partition coefficient (Wildman–Crippen LogP) is 2.06. The maximum absolute atomic E-state index is 5.87. The first-order valence-electron chi connectivity index (χ1n) is 4.04. The summed E-state index contributed by atoms with van der Waals surface area (Å²) in [5.41, 5.74) is 0.787. The van der Waals surface area contributed by atoms with Gasteiger partial charge in [0.25, 0.3) is 0 Å². The van der Waals surface area contributed by atoms with E-state index in [1.807, 2.05) is 18.5 Å². The van der Waals surface area contributed by atoms with Gasteiger partial charge in [-0.15, -0.1) is 0 Å². The summed E-state index contributed by atoms with van der Waals surface area (Å²) in [4.78, 5) is 8.01. The third kappa shape index (κ3) is 1.27. The highest BCUT2D eigenvalue weighted by Crippen LogP contribution is 2.20. The van der Waals surface area contributed by atoms with Crippen molar-refractivity contribution in [2.24, 2.45) is 0 Å². The first-order chi connectivity index (χ1) is 6.20. The first-order valence-corrected chi connectivity index (χ1v) is 4.41. The number of fused-ring (bicyclic) bond motifs is 1. The van der Waals surface area contributed by atoms with Crippen LogP contribution in [0.4, 0.5) is 0 Å². The van der Waals surface area contributed by atoms with E-state index in [4.69, 9.17) is 11.6 Å². The van der Waals surface area contributed by atoms with Gasteiger partial charge in [0.1, 0.15) is 11.5 Å². The minimum Gasteiger partial charge on any atom is -0.245 e. The minimum atomic E-state index is 0.281. The third-order valence-corrected chi connectivity index (χ3v) is 2.13. The molecule has 0 fully saturated rings. The van der Waals surface area contributed by atoms with E-state index in [9.17, 15) is 0 Å². The van der Waals surface area contributed by atoms with Crippen molar-refractivity contribution in [3.63, 3.8) is 0 Å². The molecule has 0 aliphatic rings. The zero-order valence-corrected chi connectivity index (χ0v) is 8.15. The first kappa shape index (κ1) is 8.44. The molecular formula is C8H9ClN4. The molecule has 0 aromatic carbocycles. The summed E-state index contributed by atoms with van der Waals surface area (Å²) < 4.78 is 1.82. The summed E-state index contributed by atoms with van der Waals surface area (Å²) in [6.07, 6.45) is 3.14. The lowest BCUT2D eigenvalue weighted by Crippen LogP contribution is -2.03. The quantitative estimate of drug-likeness (QED) is 0.656. The number of aromatic nitrogens is 4. The van der Waals surface area contributed by atoms with Gasteiger partial charge in [0.05, 0.1) is 11.6 Å². The van der Waals surface area contributed by atoms with Gasteiger partial charge in [-0.05, 0) is 13.8 Å². The van der Waals surface area contributed by atoms with Crippen LogP contribution in [0.25, 0.3) is 11.0 Å². The molecule has 68 valence electrons. The van der Waals surface area contributed by atoms with Crippen LogP contribution < -0.4 is 0 Å². The summed E-state index contributed by atoms with van der Waals surface area (Å²) in [6.45, 7) is 4.09. The number of hydrogen-bond donors (Lipinski definition) is 0. The fourth-order valence-electron chi connectivity index (χ4n) is 1.21. The van der Waals surface area contributed by atoms with Crippen LogP contribution in [0.2, 0.25) is 5.15 Å². The number of nitrogens with zero attached hydrogens (tertiary/aromatic N) is 4. The Morgan fingerprint density at radius 2 is 2.15 bits per heavy atom. The highest BCUT2D eigenvalue weighted by atomic mass is 35.5. The van der Waals surface area contributed by atoms with E-state index >= 15 is 0 Å². The van der Waals surface area contributed by atoms with Gasteiger partial charge in [0, 0.05) is 6.04 Å². The summed E-state index contributed by atoms with van der Waals surface area (Å²) in [5.74, 6) is 0. The molecule has 0 bridgehead atoms. The lowest BCUT2D eigenvalue weighted by atomic mass is 10.4. The Morgan fingerprint density at radius 3 is 2.85 bits per heavy atom.